The van der Waals surface area contributed by atoms with Gasteiger partial charge in [0.25, 0.3) is 0 Å². The molecule has 2 unspecified atom stereocenters. The van der Waals surface area contributed by atoms with Crippen molar-refractivity contribution >= 4 is 17.9 Å². The van der Waals surface area contributed by atoms with Crippen LogP contribution in [-0.2, 0) is 4.74 Å². The Morgan fingerprint density at radius 3 is 2.86 bits per heavy atom. The van der Waals surface area contributed by atoms with Crippen LogP contribution in [0, 0.1) is 5.41 Å². The number of aromatic nitrogens is 2. The highest BCUT2D eigenvalue weighted by Crippen LogP contribution is 2.59. The van der Waals surface area contributed by atoms with Gasteiger partial charge in [-0.15, -0.1) is 0 Å². The Bertz CT molecular complexity index is 1010. The molecule has 7 heteroatoms. The van der Waals surface area contributed by atoms with E-state index < -0.39 is 0 Å². The standard InChI is InChI=1S/C22H25ClN2O4/c1-22(2)6-5-14-15-9-18(29-8-4-7-28-3)21(23)24-19(15)16-10-17(27)13(12-26)11-25(16)20(14)22/h9-12,14,20H,4-8H2,1-3H3. The van der Waals surface area contributed by atoms with Gasteiger partial charge in [-0.25, -0.2) is 4.98 Å². The summed E-state index contributed by atoms with van der Waals surface area (Å²) >= 11 is 6.43. The maximum Gasteiger partial charge on any atom is 0.192 e. The topological polar surface area (TPSA) is 70.4 Å². The van der Waals surface area contributed by atoms with Crippen molar-refractivity contribution in [1.82, 2.24) is 9.55 Å². The van der Waals surface area contributed by atoms with Crippen LogP contribution in [0.15, 0.2) is 23.1 Å². The van der Waals surface area contributed by atoms with Crippen LogP contribution in [0.4, 0.5) is 0 Å². The van der Waals surface area contributed by atoms with Crippen LogP contribution < -0.4 is 10.2 Å². The zero-order valence-electron chi connectivity index (χ0n) is 16.9. The van der Waals surface area contributed by atoms with E-state index in [0.717, 1.165) is 24.8 Å². The maximum absolute atomic E-state index is 12.4. The maximum atomic E-state index is 12.4. The predicted molar refractivity (Wildman–Crippen MR) is 111 cm³/mol. The van der Waals surface area contributed by atoms with Gasteiger partial charge in [0.15, 0.2) is 22.6 Å². The van der Waals surface area contributed by atoms with Gasteiger partial charge >= 0.3 is 0 Å². The molecule has 29 heavy (non-hydrogen) atoms. The van der Waals surface area contributed by atoms with Gasteiger partial charge in [0, 0.05) is 44.4 Å². The summed E-state index contributed by atoms with van der Waals surface area (Å²) in [7, 11) is 1.66. The van der Waals surface area contributed by atoms with Gasteiger partial charge in [-0.1, -0.05) is 25.4 Å². The lowest BCUT2D eigenvalue weighted by Crippen LogP contribution is -2.32. The Morgan fingerprint density at radius 2 is 2.14 bits per heavy atom. The summed E-state index contributed by atoms with van der Waals surface area (Å²) in [6.45, 7) is 5.57. The second-order valence-corrected chi connectivity index (χ2v) is 8.85. The number of hydrogen-bond acceptors (Lipinski definition) is 5. The molecule has 0 aromatic carbocycles. The molecule has 0 bridgehead atoms. The van der Waals surface area contributed by atoms with E-state index in [2.05, 4.69) is 23.4 Å². The van der Waals surface area contributed by atoms with Gasteiger partial charge in [0.1, 0.15) is 0 Å². The van der Waals surface area contributed by atoms with E-state index in [-0.39, 0.29) is 33.5 Å². The second-order valence-electron chi connectivity index (χ2n) is 8.49. The van der Waals surface area contributed by atoms with Gasteiger partial charge in [-0.2, -0.15) is 0 Å². The number of aldehydes is 1. The van der Waals surface area contributed by atoms with Gasteiger partial charge < -0.3 is 14.0 Å². The third kappa shape index (κ3) is 3.38. The van der Waals surface area contributed by atoms with Crippen LogP contribution in [0.2, 0.25) is 5.15 Å². The molecule has 1 aliphatic heterocycles. The Morgan fingerprint density at radius 1 is 1.34 bits per heavy atom. The molecular weight excluding hydrogens is 392 g/mol. The molecule has 0 saturated heterocycles. The van der Waals surface area contributed by atoms with Crippen LogP contribution in [0.5, 0.6) is 5.75 Å². The fraction of sp³-hybridized carbons (Fsp3) is 0.500. The molecule has 0 amide bonds. The van der Waals surface area contributed by atoms with Crippen molar-refractivity contribution in [2.45, 2.75) is 45.1 Å². The van der Waals surface area contributed by atoms with Crippen molar-refractivity contribution in [1.29, 1.82) is 0 Å². The molecule has 1 fully saturated rings. The second kappa shape index (κ2) is 7.58. The minimum atomic E-state index is -0.302. The predicted octanol–water partition coefficient (Wildman–Crippen LogP) is 4.25. The number of methoxy groups -OCH3 is 1. The lowest BCUT2D eigenvalue weighted by molar-refractivity contribution is 0.112. The number of carbonyl (C=O) groups excluding carboxylic acids is 1. The van der Waals surface area contributed by atoms with Gasteiger partial charge in [-0.05, 0) is 29.9 Å². The average Bonchev–Trinajstić information content (AvgIpc) is 3.01. The van der Waals surface area contributed by atoms with E-state index in [1.165, 1.54) is 6.07 Å². The largest absolute Gasteiger partial charge is 0.490 e. The third-order valence-electron chi connectivity index (χ3n) is 6.18. The van der Waals surface area contributed by atoms with Crippen molar-refractivity contribution in [3.8, 4) is 17.1 Å². The van der Waals surface area contributed by atoms with E-state index in [4.69, 9.17) is 21.1 Å². The molecule has 0 N–H and O–H groups in total. The number of halogens is 1. The first-order valence-electron chi connectivity index (χ1n) is 9.91. The van der Waals surface area contributed by atoms with Crippen LogP contribution in [0.1, 0.15) is 61.0 Å². The zero-order valence-corrected chi connectivity index (χ0v) is 17.7. The van der Waals surface area contributed by atoms with E-state index in [9.17, 15) is 9.59 Å². The summed E-state index contributed by atoms with van der Waals surface area (Å²) in [5.41, 5.74) is 2.36. The van der Waals surface area contributed by atoms with Gasteiger partial charge in [0.05, 0.1) is 23.6 Å². The highest BCUT2D eigenvalue weighted by Gasteiger charge is 2.48. The van der Waals surface area contributed by atoms with Crippen molar-refractivity contribution < 1.29 is 14.3 Å². The minimum Gasteiger partial charge on any atom is -0.490 e. The van der Waals surface area contributed by atoms with Crippen LogP contribution >= 0.6 is 11.6 Å². The molecule has 0 radical (unpaired) electrons. The molecule has 2 aromatic heterocycles. The number of nitrogens with zero attached hydrogens (tertiary/aromatic N) is 2. The smallest absolute Gasteiger partial charge is 0.192 e. The summed E-state index contributed by atoms with van der Waals surface area (Å²) in [4.78, 5) is 28.4. The minimum absolute atomic E-state index is 0.0193. The first-order valence-corrected chi connectivity index (χ1v) is 10.3. The number of pyridine rings is 2. The number of rotatable bonds is 6. The molecule has 1 aliphatic carbocycles. The summed E-state index contributed by atoms with van der Waals surface area (Å²) in [5.74, 6) is 0.783. The quantitative estimate of drug-likeness (QED) is 0.400. The fourth-order valence-electron chi connectivity index (χ4n) is 4.81. The molecule has 0 spiro atoms. The first-order chi connectivity index (χ1) is 13.9. The normalized spacial score (nSPS) is 21.2. The Labute approximate surface area is 174 Å². The number of hydrogen-bond donors (Lipinski definition) is 0. The average molecular weight is 417 g/mol. The van der Waals surface area contributed by atoms with Crippen molar-refractivity contribution in [3.63, 3.8) is 0 Å². The van der Waals surface area contributed by atoms with E-state index in [1.54, 1.807) is 13.3 Å². The molecule has 3 heterocycles. The molecule has 4 rings (SSSR count). The Hall–Kier alpha value is -2.18. The van der Waals surface area contributed by atoms with Crippen molar-refractivity contribution in [2.75, 3.05) is 20.3 Å². The number of carbonyl (C=O) groups is 1. The van der Waals surface area contributed by atoms with Gasteiger partial charge in [-0.3, -0.25) is 9.59 Å². The van der Waals surface area contributed by atoms with Crippen LogP contribution in [0.25, 0.3) is 11.4 Å². The highest BCUT2D eigenvalue weighted by atomic mass is 35.5. The molecule has 2 aromatic rings. The number of ether oxygens (including phenoxy) is 2. The molecule has 1 saturated carbocycles. The van der Waals surface area contributed by atoms with E-state index >= 15 is 0 Å². The first kappa shape index (κ1) is 20.1. The lowest BCUT2D eigenvalue weighted by atomic mass is 9.79. The fourth-order valence-corrected chi connectivity index (χ4v) is 5.00. The Kier molecular flexibility index (Phi) is 5.25. The third-order valence-corrected chi connectivity index (χ3v) is 6.45. The zero-order chi connectivity index (χ0) is 20.8. The summed E-state index contributed by atoms with van der Waals surface area (Å²) in [5, 5.41) is 0.273. The SMILES string of the molecule is COCCCOc1cc2c(nc1Cl)-c1cc(=O)c(C=O)cn1C1C2CCC1(C)C. The molecular formula is C22H25ClN2O4. The van der Waals surface area contributed by atoms with Gasteiger partial charge in [0.2, 0.25) is 0 Å². The van der Waals surface area contributed by atoms with Crippen molar-refractivity contribution in [3.05, 3.63) is 44.8 Å². The highest BCUT2D eigenvalue weighted by molar-refractivity contribution is 6.31. The summed E-state index contributed by atoms with van der Waals surface area (Å²) < 4.78 is 13.0. The molecule has 2 aliphatic rings. The summed E-state index contributed by atoms with van der Waals surface area (Å²) in [6, 6.07) is 3.63. The monoisotopic (exact) mass is 416 g/mol. The van der Waals surface area contributed by atoms with Crippen LogP contribution in [0.3, 0.4) is 0 Å². The van der Waals surface area contributed by atoms with Crippen LogP contribution in [-0.4, -0.2) is 36.2 Å². The Balaban J connectivity index is 1.85. The summed E-state index contributed by atoms with van der Waals surface area (Å²) in [6.07, 6.45) is 5.10. The molecule has 2 atom stereocenters. The molecule has 6 nitrogen and oxygen atoms in total. The molecule has 154 valence electrons. The lowest BCUT2D eigenvalue weighted by Gasteiger charge is -2.39. The number of fused-ring (bicyclic) bond motifs is 6. The van der Waals surface area contributed by atoms with E-state index in [0.29, 0.717) is 36.6 Å². The van der Waals surface area contributed by atoms with Crippen molar-refractivity contribution in [2.24, 2.45) is 5.41 Å². The van der Waals surface area contributed by atoms with E-state index in [1.807, 2.05) is 6.07 Å².